The van der Waals surface area contributed by atoms with Crippen LogP contribution >= 0.6 is 11.6 Å². The Morgan fingerprint density at radius 1 is 0.950 bits per heavy atom. The molecule has 0 aliphatic rings. The second-order valence-corrected chi connectivity index (χ2v) is 4.47. The monoisotopic (exact) mass is 289 g/mol. The predicted molar refractivity (Wildman–Crippen MR) is 77.2 cm³/mol. The number of amides is 1. The van der Waals surface area contributed by atoms with Crippen LogP contribution in [0.15, 0.2) is 48.5 Å². The predicted octanol–water partition coefficient (Wildman–Crippen LogP) is 3.38. The number of ether oxygens (including phenoxy) is 1. The molecule has 0 aromatic heterocycles. The van der Waals surface area contributed by atoms with Crippen molar-refractivity contribution in [2.45, 2.75) is 0 Å². The lowest BCUT2D eigenvalue weighted by molar-refractivity contribution is 0.0600. The van der Waals surface area contributed by atoms with E-state index in [0.717, 1.165) is 0 Å². The van der Waals surface area contributed by atoms with Gasteiger partial charge in [-0.1, -0.05) is 11.6 Å². The van der Waals surface area contributed by atoms with E-state index in [4.69, 9.17) is 11.6 Å². The van der Waals surface area contributed by atoms with Crippen LogP contribution in [0.3, 0.4) is 0 Å². The maximum Gasteiger partial charge on any atom is 0.337 e. The van der Waals surface area contributed by atoms with Gasteiger partial charge in [-0.15, -0.1) is 0 Å². The van der Waals surface area contributed by atoms with Gasteiger partial charge in [0.05, 0.1) is 12.7 Å². The molecule has 4 nitrogen and oxygen atoms in total. The lowest BCUT2D eigenvalue weighted by Crippen LogP contribution is -2.11. The van der Waals surface area contributed by atoms with E-state index < -0.39 is 5.97 Å². The van der Waals surface area contributed by atoms with Crippen LogP contribution in [-0.4, -0.2) is 19.0 Å². The zero-order valence-electron chi connectivity index (χ0n) is 10.7. The number of rotatable bonds is 3. The van der Waals surface area contributed by atoms with Gasteiger partial charge in [-0.3, -0.25) is 4.79 Å². The topological polar surface area (TPSA) is 55.4 Å². The Bertz CT molecular complexity index is 621. The molecule has 102 valence electrons. The lowest BCUT2D eigenvalue weighted by Gasteiger charge is -2.06. The molecule has 20 heavy (non-hydrogen) atoms. The second-order valence-electron chi connectivity index (χ2n) is 4.03. The average Bonchev–Trinajstić information content (AvgIpc) is 2.48. The number of hydrogen-bond acceptors (Lipinski definition) is 3. The Hall–Kier alpha value is -2.33. The fourth-order valence-corrected chi connectivity index (χ4v) is 1.74. The molecule has 1 N–H and O–H groups in total. The Morgan fingerprint density at radius 2 is 1.50 bits per heavy atom. The number of esters is 1. The van der Waals surface area contributed by atoms with Gasteiger partial charge in [-0.25, -0.2) is 4.79 Å². The summed E-state index contributed by atoms with van der Waals surface area (Å²) in [5.41, 5.74) is 1.53. The summed E-state index contributed by atoms with van der Waals surface area (Å²) in [6.07, 6.45) is 0. The number of nitrogens with one attached hydrogen (secondary N) is 1. The fraction of sp³-hybridized carbons (Fsp3) is 0.0667. The second kappa shape index (κ2) is 6.21. The molecule has 0 unspecified atom stereocenters. The first-order chi connectivity index (χ1) is 9.60. The summed E-state index contributed by atoms with van der Waals surface area (Å²) in [6, 6.07) is 13.0. The van der Waals surface area contributed by atoms with Crippen molar-refractivity contribution in [1.29, 1.82) is 0 Å². The van der Waals surface area contributed by atoms with Gasteiger partial charge >= 0.3 is 5.97 Å². The molecule has 2 aromatic carbocycles. The smallest absolute Gasteiger partial charge is 0.337 e. The first kappa shape index (κ1) is 14.1. The molecule has 0 bridgehead atoms. The zero-order valence-corrected chi connectivity index (χ0v) is 11.5. The molecule has 0 saturated carbocycles. The molecule has 0 aliphatic heterocycles. The third kappa shape index (κ3) is 3.36. The highest BCUT2D eigenvalue weighted by atomic mass is 35.5. The molecule has 0 radical (unpaired) electrons. The summed E-state index contributed by atoms with van der Waals surface area (Å²) in [4.78, 5) is 23.2. The molecule has 0 aliphatic carbocycles. The minimum Gasteiger partial charge on any atom is -0.465 e. The van der Waals surface area contributed by atoms with Crippen LogP contribution in [-0.2, 0) is 4.74 Å². The van der Waals surface area contributed by atoms with E-state index >= 15 is 0 Å². The highest BCUT2D eigenvalue weighted by Crippen LogP contribution is 2.14. The van der Waals surface area contributed by atoms with Gasteiger partial charge in [-0.05, 0) is 48.5 Å². The number of carbonyl (C=O) groups excluding carboxylic acids is 2. The maximum absolute atomic E-state index is 12.0. The van der Waals surface area contributed by atoms with Crippen LogP contribution in [0.5, 0.6) is 0 Å². The van der Waals surface area contributed by atoms with Crippen LogP contribution in [0.4, 0.5) is 5.69 Å². The highest BCUT2D eigenvalue weighted by Gasteiger charge is 2.08. The van der Waals surface area contributed by atoms with Crippen molar-refractivity contribution in [1.82, 2.24) is 0 Å². The van der Waals surface area contributed by atoms with E-state index in [1.807, 2.05) is 0 Å². The van der Waals surface area contributed by atoms with E-state index in [2.05, 4.69) is 10.1 Å². The third-order valence-corrected chi connectivity index (χ3v) is 2.92. The molecule has 2 aromatic rings. The molecular formula is C15H12ClNO3. The molecule has 1 amide bonds. The number of benzene rings is 2. The number of hydrogen-bond donors (Lipinski definition) is 1. The van der Waals surface area contributed by atoms with Crippen LogP contribution in [0, 0.1) is 0 Å². The Labute approximate surface area is 121 Å². The third-order valence-electron chi connectivity index (χ3n) is 2.67. The standard InChI is InChI=1S/C15H12ClNO3/c1-20-15(19)11-4-8-13(9-5-11)17-14(18)10-2-6-12(16)7-3-10/h2-9H,1H3,(H,17,18). The summed E-state index contributed by atoms with van der Waals surface area (Å²) in [7, 11) is 1.32. The maximum atomic E-state index is 12.0. The van der Waals surface area contributed by atoms with Crippen LogP contribution < -0.4 is 5.32 Å². The molecule has 0 saturated heterocycles. The first-order valence-corrected chi connectivity index (χ1v) is 6.23. The normalized spacial score (nSPS) is 9.90. The van der Waals surface area contributed by atoms with E-state index in [0.29, 0.717) is 21.8 Å². The summed E-state index contributed by atoms with van der Waals surface area (Å²) < 4.78 is 4.60. The number of anilines is 1. The number of carbonyl (C=O) groups is 2. The molecular weight excluding hydrogens is 278 g/mol. The van der Waals surface area contributed by atoms with Gasteiger partial charge in [0.25, 0.3) is 5.91 Å². The number of halogens is 1. The van der Waals surface area contributed by atoms with Gasteiger partial charge in [0, 0.05) is 16.3 Å². The largest absolute Gasteiger partial charge is 0.465 e. The van der Waals surface area contributed by atoms with Crippen LogP contribution in [0.25, 0.3) is 0 Å². The van der Waals surface area contributed by atoms with Gasteiger partial charge < -0.3 is 10.1 Å². The van der Waals surface area contributed by atoms with Crippen LogP contribution in [0.1, 0.15) is 20.7 Å². The van der Waals surface area contributed by atoms with Crippen LogP contribution in [0.2, 0.25) is 5.02 Å². The van der Waals surface area contributed by atoms with E-state index in [1.54, 1.807) is 48.5 Å². The number of methoxy groups -OCH3 is 1. The van der Waals surface area contributed by atoms with Gasteiger partial charge in [0.2, 0.25) is 0 Å². The summed E-state index contributed by atoms with van der Waals surface area (Å²) in [6.45, 7) is 0. The summed E-state index contributed by atoms with van der Waals surface area (Å²) >= 11 is 5.76. The Balaban J connectivity index is 2.08. The summed E-state index contributed by atoms with van der Waals surface area (Å²) in [5.74, 6) is -0.659. The fourth-order valence-electron chi connectivity index (χ4n) is 1.61. The van der Waals surface area contributed by atoms with Gasteiger partial charge in [-0.2, -0.15) is 0 Å². The molecule has 5 heteroatoms. The lowest BCUT2D eigenvalue weighted by atomic mass is 10.2. The van der Waals surface area contributed by atoms with Crippen molar-refractivity contribution >= 4 is 29.2 Å². The molecule has 0 atom stereocenters. The SMILES string of the molecule is COC(=O)c1ccc(NC(=O)c2ccc(Cl)cc2)cc1. The van der Waals surface area contributed by atoms with Crippen molar-refractivity contribution in [2.75, 3.05) is 12.4 Å². The minimum absolute atomic E-state index is 0.243. The zero-order chi connectivity index (χ0) is 14.5. The van der Waals surface area contributed by atoms with Crippen molar-refractivity contribution in [2.24, 2.45) is 0 Å². The molecule has 2 rings (SSSR count). The quantitative estimate of drug-likeness (QED) is 0.881. The van der Waals surface area contributed by atoms with E-state index in [-0.39, 0.29) is 5.91 Å². The van der Waals surface area contributed by atoms with E-state index in [9.17, 15) is 9.59 Å². The highest BCUT2D eigenvalue weighted by molar-refractivity contribution is 6.30. The van der Waals surface area contributed by atoms with Crippen molar-refractivity contribution in [3.8, 4) is 0 Å². The molecule has 0 fully saturated rings. The average molecular weight is 290 g/mol. The summed E-state index contributed by atoms with van der Waals surface area (Å²) in [5, 5.41) is 3.30. The van der Waals surface area contributed by atoms with Gasteiger partial charge in [0.1, 0.15) is 0 Å². The minimum atomic E-state index is -0.416. The molecule has 0 heterocycles. The first-order valence-electron chi connectivity index (χ1n) is 5.85. The Kier molecular flexibility index (Phi) is 4.38. The van der Waals surface area contributed by atoms with Crippen molar-refractivity contribution in [3.63, 3.8) is 0 Å². The Morgan fingerprint density at radius 3 is 2.05 bits per heavy atom. The van der Waals surface area contributed by atoms with E-state index in [1.165, 1.54) is 7.11 Å². The van der Waals surface area contributed by atoms with Crippen molar-refractivity contribution in [3.05, 3.63) is 64.7 Å². The molecule has 0 spiro atoms. The van der Waals surface area contributed by atoms with Crippen molar-refractivity contribution < 1.29 is 14.3 Å². The van der Waals surface area contributed by atoms with Gasteiger partial charge in [0.15, 0.2) is 0 Å².